The van der Waals surface area contributed by atoms with Gasteiger partial charge >= 0.3 is 0 Å². The van der Waals surface area contributed by atoms with Gasteiger partial charge in [-0.25, -0.2) is 0 Å². The zero-order chi connectivity index (χ0) is 45.6. The molecular formula is C68H46Si. The van der Waals surface area contributed by atoms with Gasteiger partial charge in [0, 0.05) is 0 Å². The molecule has 2 spiro atoms. The summed E-state index contributed by atoms with van der Waals surface area (Å²) in [6.45, 7) is 5.26. The molecule has 322 valence electrons. The quantitative estimate of drug-likeness (QED) is 0.154. The number of allylic oxidation sites excluding steroid dienone is 2. The molecule has 0 saturated heterocycles. The van der Waals surface area contributed by atoms with Crippen LogP contribution in [-0.4, -0.2) is 8.07 Å². The summed E-state index contributed by atoms with van der Waals surface area (Å²) in [5.41, 5.74) is 28.7. The van der Waals surface area contributed by atoms with Crippen LogP contribution in [0, 0.1) is 0 Å². The molecule has 4 aliphatic carbocycles. The summed E-state index contributed by atoms with van der Waals surface area (Å²) < 4.78 is 0. The van der Waals surface area contributed by atoms with Crippen LogP contribution in [0.4, 0.5) is 0 Å². The van der Waals surface area contributed by atoms with Crippen molar-refractivity contribution in [3.05, 3.63) is 309 Å². The zero-order valence-electron chi connectivity index (χ0n) is 38.6. The molecule has 5 aliphatic rings. The number of benzene rings is 10. The highest BCUT2D eigenvalue weighted by molar-refractivity contribution is 7.13. The van der Waals surface area contributed by atoms with Crippen LogP contribution in [0.3, 0.4) is 0 Å². The summed E-state index contributed by atoms with van der Waals surface area (Å²) in [5.74, 6) is 0. The predicted octanol–water partition coefficient (Wildman–Crippen LogP) is 16.7. The third-order valence-corrected chi connectivity index (χ3v) is 20.3. The van der Waals surface area contributed by atoms with Gasteiger partial charge in [-0.05, 0) is 145 Å². The molecule has 0 aromatic heterocycles. The normalized spacial score (nSPS) is 16.2. The van der Waals surface area contributed by atoms with Crippen LogP contribution in [0.2, 0.25) is 13.1 Å². The van der Waals surface area contributed by atoms with E-state index in [1.54, 1.807) is 0 Å². The van der Waals surface area contributed by atoms with Crippen molar-refractivity contribution in [1.82, 2.24) is 0 Å². The molecule has 0 unspecified atom stereocenters. The minimum atomic E-state index is -2.63. The van der Waals surface area contributed by atoms with Crippen molar-refractivity contribution in [3.8, 4) is 44.5 Å². The Morgan fingerprint density at radius 2 is 0.478 bits per heavy atom. The van der Waals surface area contributed by atoms with Crippen molar-refractivity contribution in [2.24, 2.45) is 0 Å². The summed E-state index contributed by atoms with van der Waals surface area (Å²) in [6, 6.07) is 92.8. The minimum absolute atomic E-state index is 0.428. The second kappa shape index (κ2) is 14.0. The first-order chi connectivity index (χ1) is 34.0. The molecule has 1 heterocycles. The Bertz CT molecular complexity index is 3540. The molecule has 10 aromatic rings. The van der Waals surface area contributed by atoms with E-state index < -0.39 is 18.9 Å². The molecule has 0 N–H and O–H groups in total. The fraction of sp³-hybridized carbons (Fsp3) is 0.0588. The van der Waals surface area contributed by atoms with Gasteiger partial charge < -0.3 is 0 Å². The highest BCUT2D eigenvalue weighted by Crippen LogP contribution is 2.66. The third kappa shape index (κ3) is 4.83. The van der Waals surface area contributed by atoms with E-state index in [1.165, 1.54) is 133 Å². The molecule has 0 radical (unpaired) electrons. The molecule has 69 heavy (non-hydrogen) atoms. The van der Waals surface area contributed by atoms with E-state index in [0.717, 1.165) is 0 Å². The zero-order valence-corrected chi connectivity index (χ0v) is 39.6. The topological polar surface area (TPSA) is 0 Å². The molecule has 1 heteroatoms. The Balaban J connectivity index is 1.01. The summed E-state index contributed by atoms with van der Waals surface area (Å²) in [7, 11) is -2.63. The van der Waals surface area contributed by atoms with E-state index in [0.29, 0.717) is 0 Å². The van der Waals surface area contributed by atoms with E-state index in [9.17, 15) is 0 Å². The van der Waals surface area contributed by atoms with Gasteiger partial charge in [-0.15, -0.1) is 0 Å². The lowest BCUT2D eigenvalue weighted by Gasteiger charge is -2.32. The summed E-state index contributed by atoms with van der Waals surface area (Å²) in [6.07, 6.45) is 0. The van der Waals surface area contributed by atoms with E-state index in [1.807, 2.05) is 0 Å². The summed E-state index contributed by atoms with van der Waals surface area (Å²) >= 11 is 0. The fourth-order valence-electron chi connectivity index (χ4n) is 14.3. The van der Waals surface area contributed by atoms with Crippen LogP contribution in [0.25, 0.3) is 66.0 Å². The Morgan fingerprint density at radius 1 is 0.232 bits per heavy atom. The number of fused-ring (bicyclic) bond motifs is 20. The second-order valence-corrected chi connectivity index (χ2v) is 24.4. The van der Waals surface area contributed by atoms with Gasteiger partial charge in [0.15, 0.2) is 0 Å². The maximum Gasteiger partial charge on any atom is 0.115 e. The predicted molar refractivity (Wildman–Crippen MR) is 289 cm³/mol. The monoisotopic (exact) mass is 890 g/mol. The number of hydrogen-bond acceptors (Lipinski definition) is 0. The standard InChI is InChI=1S/C68H46Si/c1-69(2)65(45-37-39-53-51-29-13-19-35-59(51)67(61(53)41-45)55-31-15-9-25-47(55)48-26-10-16-32-56(48)67)63(43-21-5-3-6-22-43)64(44-23-7-4-8-24-44)66(69)46-38-40-54-52-30-14-20-36-60(52)68(62(54)42-46)57-33-17-11-27-49(57)50-28-12-18-34-58(50)68/h3-42H,1-2H3. The van der Waals surface area contributed by atoms with Crippen LogP contribution >= 0.6 is 0 Å². The first-order valence-electron chi connectivity index (χ1n) is 24.5. The van der Waals surface area contributed by atoms with Gasteiger partial charge in [0.1, 0.15) is 8.07 Å². The van der Waals surface area contributed by atoms with Crippen molar-refractivity contribution in [3.63, 3.8) is 0 Å². The lowest BCUT2D eigenvalue weighted by molar-refractivity contribution is 0.793. The van der Waals surface area contributed by atoms with Gasteiger partial charge in [-0.3, -0.25) is 0 Å². The highest BCUT2D eigenvalue weighted by atomic mass is 28.3. The Labute approximate surface area is 405 Å². The average molecular weight is 891 g/mol. The maximum absolute atomic E-state index is 2.63. The van der Waals surface area contributed by atoms with E-state index in [4.69, 9.17) is 0 Å². The van der Waals surface area contributed by atoms with E-state index in [2.05, 4.69) is 256 Å². The number of hydrogen-bond donors (Lipinski definition) is 0. The van der Waals surface area contributed by atoms with Crippen molar-refractivity contribution in [2.75, 3.05) is 0 Å². The molecule has 0 saturated carbocycles. The van der Waals surface area contributed by atoms with Gasteiger partial charge in [0.05, 0.1) is 10.8 Å². The first-order valence-corrected chi connectivity index (χ1v) is 27.5. The minimum Gasteiger partial charge on any atom is -0.0622 e. The van der Waals surface area contributed by atoms with E-state index in [-0.39, 0.29) is 0 Å². The number of rotatable bonds is 4. The molecular weight excluding hydrogens is 845 g/mol. The Morgan fingerprint density at radius 3 is 0.768 bits per heavy atom. The maximum atomic E-state index is 2.63. The van der Waals surface area contributed by atoms with Crippen LogP contribution < -0.4 is 0 Å². The molecule has 10 aromatic carbocycles. The van der Waals surface area contributed by atoms with Gasteiger partial charge in [0.2, 0.25) is 0 Å². The molecule has 0 amide bonds. The van der Waals surface area contributed by atoms with Crippen molar-refractivity contribution in [2.45, 2.75) is 23.9 Å². The highest BCUT2D eigenvalue weighted by Gasteiger charge is 2.54. The Kier molecular flexibility index (Phi) is 7.89. The fourth-order valence-corrected chi connectivity index (χ4v) is 18.1. The molecule has 0 bridgehead atoms. The molecule has 15 rings (SSSR count). The van der Waals surface area contributed by atoms with Gasteiger partial charge in [-0.1, -0.05) is 244 Å². The van der Waals surface area contributed by atoms with Crippen molar-refractivity contribution >= 4 is 29.6 Å². The largest absolute Gasteiger partial charge is 0.115 e. The molecule has 0 atom stereocenters. The SMILES string of the molecule is C[Si]1(C)C(c2ccc3c(c2)C2(c4ccccc4-c4ccccc42)c2ccccc2-3)=C(c2ccccc2)C(c2ccccc2)=C1c1ccc2c(c1)C1(c3ccccc3-c3ccccc31)c1ccccc1-2. The Hall–Kier alpha value is -8.10. The first kappa shape index (κ1) is 38.9. The van der Waals surface area contributed by atoms with Crippen molar-refractivity contribution < 1.29 is 0 Å². The average Bonchev–Trinajstić information content (AvgIpc) is 4.14. The van der Waals surface area contributed by atoms with Gasteiger partial charge in [-0.2, -0.15) is 0 Å². The van der Waals surface area contributed by atoms with Gasteiger partial charge in [0.25, 0.3) is 0 Å². The smallest absolute Gasteiger partial charge is 0.0622 e. The third-order valence-electron chi connectivity index (χ3n) is 16.7. The second-order valence-electron chi connectivity index (χ2n) is 20.2. The molecule has 0 nitrogen and oxygen atoms in total. The lowest BCUT2D eigenvalue weighted by Crippen LogP contribution is -2.30. The molecule has 1 aliphatic heterocycles. The van der Waals surface area contributed by atoms with Crippen LogP contribution in [-0.2, 0) is 10.8 Å². The van der Waals surface area contributed by atoms with Crippen LogP contribution in [0.5, 0.6) is 0 Å². The van der Waals surface area contributed by atoms with E-state index >= 15 is 0 Å². The summed E-state index contributed by atoms with van der Waals surface area (Å²) in [4.78, 5) is 0. The van der Waals surface area contributed by atoms with Crippen LogP contribution in [0.15, 0.2) is 243 Å². The molecule has 0 fully saturated rings. The summed E-state index contributed by atoms with van der Waals surface area (Å²) in [5, 5.41) is 2.98. The lowest BCUT2D eigenvalue weighted by atomic mass is 9.70. The van der Waals surface area contributed by atoms with Crippen molar-refractivity contribution in [1.29, 1.82) is 0 Å². The van der Waals surface area contributed by atoms with Crippen LogP contribution in [0.1, 0.15) is 66.8 Å².